The average molecular weight is 541 g/mol. The summed E-state index contributed by atoms with van der Waals surface area (Å²) in [7, 11) is 2.59. The standard InChI is InChI=1S/C17H18O4.C16H14O3/c1-21-16(20)15(19)17(12-18,13-8-4-2-5-9-13)14-10-6-3-7-11-14;1-18-15(17)14-16(19-14,12-8-4-2-5-9-12)13-10-6-3-7-11-13/h2-11,15,18-19H,12H2,1H3;2-11,14H,1H3. The molecule has 0 saturated carbocycles. The Kier molecular flexibility index (Phi) is 9.11. The number of methoxy groups -OCH3 is 2. The summed E-state index contributed by atoms with van der Waals surface area (Å²) < 4.78 is 15.2. The van der Waals surface area contributed by atoms with Gasteiger partial charge in [-0.25, -0.2) is 9.59 Å². The van der Waals surface area contributed by atoms with Crippen molar-refractivity contribution in [3.8, 4) is 0 Å². The van der Waals surface area contributed by atoms with Gasteiger partial charge in [-0.2, -0.15) is 0 Å². The zero-order valence-electron chi connectivity index (χ0n) is 22.3. The van der Waals surface area contributed by atoms with Gasteiger partial charge in [0.05, 0.1) is 26.2 Å². The number of rotatable bonds is 8. The molecule has 0 spiro atoms. The van der Waals surface area contributed by atoms with Crippen molar-refractivity contribution in [2.24, 2.45) is 0 Å². The Bertz CT molecular complexity index is 1300. The largest absolute Gasteiger partial charge is 0.467 e. The maximum atomic E-state index is 11.9. The van der Waals surface area contributed by atoms with Gasteiger partial charge in [0, 0.05) is 0 Å². The van der Waals surface area contributed by atoms with Crippen molar-refractivity contribution in [3.05, 3.63) is 144 Å². The molecular formula is C33H32O7. The van der Waals surface area contributed by atoms with E-state index in [0.717, 1.165) is 11.1 Å². The summed E-state index contributed by atoms with van der Waals surface area (Å²) in [4.78, 5) is 23.7. The number of carbonyl (C=O) groups is 2. The predicted octanol–water partition coefficient (Wildman–Crippen LogP) is 4.00. The van der Waals surface area contributed by atoms with Crippen molar-refractivity contribution >= 4 is 11.9 Å². The minimum absolute atomic E-state index is 0.340. The van der Waals surface area contributed by atoms with E-state index in [1.165, 1.54) is 14.2 Å². The lowest BCUT2D eigenvalue weighted by Gasteiger charge is -2.36. The number of epoxide rings is 1. The Morgan fingerprint density at radius 1 is 0.750 bits per heavy atom. The molecule has 0 aromatic heterocycles. The van der Waals surface area contributed by atoms with Crippen LogP contribution in [0.4, 0.5) is 0 Å². The topological polar surface area (TPSA) is 106 Å². The Morgan fingerprint density at radius 2 is 1.15 bits per heavy atom. The minimum atomic E-state index is -1.50. The number of esters is 2. The first-order valence-corrected chi connectivity index (χ1v) is 12.8. The Morgan fingerprint density at radius 3 is 1.50 bits per heavy atom. The molecule has 40 heavy (non-hydrogen) atoms. The van der Waals surface area contributed by atoms with Crippen molar-refractivity contribution < 1.29 is 34.0 Å². The minimum Gasteiger partial charge on any atom is -0.467 e. The Hall–Kier alpha value is -4.30. The molecule has 4 aromatic rings. The molecule has 2 unspecified atom stereocenters. The highest BCUT2D eigenvalue weighted by Gasteiger charge is 2.63. The molecule has 0 amide bonds. The molecule has 0 radical (unpaired) electrons. The van der Waals surface area contributed by atoms with E-state index >= 15 is 0 Å². The van der Waals surface area contributed by atoms with Gasteiger partial charge < -0.3 is 24.4 Å². The lowest BCUT2D eigenvalue weighted by Crippen LogP contribution is -2.48. The fraction of sp³-hybridized carbons (Fsp3) is 0.212. The van der Waals surface area contributed by atoms with Crippen LogP contribution >= 0.6 is 0 Å². The van der Waals surface area contributed by atoms with Crippen molar-refractivity contribution in [3.63, 3.8) is 0 Å². The van der Waals surface area contributed by atoms with Crippen molar-refractivity contribution in [2.75, 3.05) is 20.8 Å². The van der Waals surface area contributed by atoms with Crippen LogP contribution in [0.15, 0.2) is 121 Å². The number of hydrogen-bond donors (Lipinski definition) is 2. The van der Waals surface area contributed by atoms with Crippen LogP contribution in [0.25, 0.3) is 0 Å². The lowest BCUT2D eigenvalue weighted by atomic mass is 9.71. The van der Waals surface area contributed by atoms with Gasteiger partial charge >= 0.3 is 11.9 Å². The molecule has 5 rings (SSSR count). The van der Waals surface area contributed by atoms with Gasteiger partial charge in [-0.05, 0) is 22.3 Å². The van der Waals surface area contributed by atoms with E-state index in [-0.39, 0.29) is 5.97 Å². The molecule has 206 valence electrons. The molecule has 2 atom stereocenters. The molecule has 2 N–H and O–H groups in total. The van der Waals surface area contributed by atoms with Crippen LogP contribution in [-0.2, 0) is 34.8 Å². The Balaban J connectivity index is 0.000000186. The maximum absolute atomic E-state index is 11.9. The van der Waals surface area contributed by atoms with E-state index in [4.69, 9.17) is 9.47 Å². The molecular weight excluding hydrogens is 508 g/mol. The zero-order valence-corrected chi connectivity index (χ0v) is 22.3. The number of hydrogen-bond acceptors (Lipinski definition) is 7. The molecule has 7 heteroatoms. The Labute approximate surface area is 233 Å². The van der Waals surface area contributed by atoms with E-state index in [9.17, 15) is 19.8 Å². The summed E-state index contributed by atoms with van der Waals surface area (Å²) in [5.74, 6) is -1.12. The summed E-state index contributed by atoms with van der Waals surface area (Å²) in [6.45, 7) is -0.419. The van der Waals surface area contributed by atoms with Crippen LogP contribution < -0.4 is 0 Å². The zero-order chi connectivity index (χ0) is 28.6. The molecule has 1 fully saturated rings. The highest BCUT2D eigenvalue weighted by atomic mass is 16.7. The first-order chi connectivity index (χ1) is 19.4. The van der Waals surface area contributed by atoms with Crippen LogP contribution in [0.2, 0.25) is 0 Å². The van der Waals surface area contributed by atoms with E-state index < -0.39 is 35.8 Å². The quantitative estimate of drug-likeness (QED) is 0.257. The molecule has 1 heterocycles. The summed E-state index contributed by atoms with van der Waals surface area (Å²) in [5, 5.41) is 20.5. The van der Waals surface area contributed by atoms with Crippen molar-refractivity contribution in [2.45, 2.75) is 23.2 Å². The molecule has 1 saturated heterocycles. The van der Waals surface area contributed by atoms with Crippen LogP contribution in [0.3, 0.4) is 0 Å². The molecule has 1 aliphatic rings. The third-order valence-electron chi connectivity index (χ3n) is 7.15. The van der Waals surface area contributed by atoms with Gasteiger partial charge in [0.15, 0.2) is 17.8 Å². The average Bonchev–Trinajstić information content (AvgIpc) is 3.80. The summed E-state index contributed by atoms with van der Waals surface area (Å²) >= 11 is 0. The smallest absolute Gasteiger partial charge is 0.338 e. The molecule has 4 aromatic carbocycles. The second-order valence-electron chi connectivity index (χ2n) is 9.28. The van der Waals surface area contributed by atoms with Gasteiger partial charge in [-0.3, -0.25) is 0 Å². The number of aliphatic hydroxyl groups excluding tert-OH is 2. The van der Waals surface area contributed by atoms with Crippen LogP contribution in [0.5, 0.6) is 0 Å². The van der Waals surface area contributed by atoms with Gasteiger partial charge in [-0.15, -0.1) is 0 Å². The first-order valence-electron chi connectivity index (χ1n) is 12.8. The molecule has 7 nitrogen and oxygen atoms in total. The van der Waals surface area contributed by atoms with Gasteiger partial charge in [0.2, 0.25) is 0 Å². The van der Waals surface area contributed by atoms with Crippen LogP contribution in [0, 0.1) is 0 Å². The SMILES string of the molecule is COC(=O)C(O)C(CO)(c1ccccc1)c1ccccc1.COC(=O)C1OC1(c1ccccc1)c1ccccc1. The fourth-order valence-corrected chi connectivity index (χ4v) is 4.99. The van der Waals surface area contributed by atoms with Crippen LogP contribution in [0.1, 0.15) is 22.3 Å². The van der Waals surface area contributed by atoms with Gasteiger partial charge in [0.25, 0.3) is 0 Å². The number of carbonyl (C=O) groups excluding carboxylic acids is 2. The second-order valence-corrected chi connectivity index (χ2v) is 9.28. The number of benzene rings is 4. The van der Waals surface area contributed by atoms with Crippen molar-refractivity contribution in [1.82, 2.24) is 0 Å². The number of aliphatic hydroxyl groups is 2. The van der Waals surface area contributed by atoms with E-state index in [0.29, 0.717) is 11.1 Å². The van der Waals surface area contributed by atoms with Crippen LogP contribution in [-0.4, -0.2) is 55.2 Å². The summed E-state index contributed by atoms with van der Waals surface area (Å²) in [6.07, 6.45) is -2.07. The highest BCUT2D eigenvalue weighted by Crippen LogP contribution is 2.52. The normalized spacial score (nSPS) is 16.1. The van der Waals surface area contributed by atoms with Gasteiger partial charge in [0.1, 0.15) is 0 Å². The first kappa shape index (κ1) is 28.7. The number of ether oxygens (including phenoxy) is 3. The summed E-state index contributed by atoms with van der Waals surface area (Å²) in [6, 6.07) is 37.5. The second kappa shape index (κ2) is 12.7. The summed E-state index contributed by atoms with van der Waals surface area (Å²) in [5.41, 5.74) is 1.28. The third kappa shape index (κ3) is 5.40. The molecule has 1 aliphatic heterocycles. The van der Waals surface area contributed by atoms with Gasteiger partial charge in [-0.1, -0.05) is 121 Å². The van der Waals surface area contributed by atoms with Crippen molar-refractivity contribution in [1.29, 1.82) is 0 Å². The van der Waals surface area contributed by atoms with E-state index in [1.807, 2.05) is 72.8 Å². The van der Waals surface area contributed by atoms with E-state index in [2.05, 4.69) is 4.74 Å². The molecule has 0 aliphatic carbocycles. The predicted molar refractivity (Wildman–Crippen MR) is 149 cm³/mol. The lowest BCUT2D eigenvalue weighted by molar-refractivity contribution is -0.154. The monoisotopic (exact) mass is 540 g/mol. The third-order valence-corrected chi connectivity index (χ3v) is 7.15. The van der Waals surface area contributed by atoms with E-state index in [1.54, 1.807) is 48.5 Å². The fourth-order valence-electron chi connectivity index (χ4n) is 4.99. The molecule has 0 bridgehead atoms. The highest BCUT2D eigenvalue weighted by molar-refractivity contribution is 5.81. The maximum Gasteiger partial charge on any atom is 0.338 e.